The van der Waals surface area contributed by atoms with Gasteiger partial charge in [-0.1, -0.05) is 58.4 Å². The Balaban J connectivity index is 1.90. The Morgan fingerprint density at radius 3 is 2.48 bits per heavy atom. The molecule has 2 aromatic rings. The van der Waals surface area contributed by atoms with Crippen LogP contribution >= 0.6 is 15.9 Å². The van der Waals surface area contributed by atoms with E-state index in [1.54, 1.807) is 5.56 Å². The van der Waals surface area contributed by atoms with Crippen LogP contribution in [0.2, 0.25) is 0 Å². The van der Waals surface area contributed by atoms with Crippen LogP contribution in [0.4, 0.5) is 0 Å². The van der Waals surface area contributed by atoms with Gasteiger partial charge in [-0.25, -0.2) is 0 Å². The molecule has 110 valence electrons. The van der Waals surface area contributed by atoms with E-state index >= 15 is 0 Å². The molecule has 2 aromatic carbocycles. The molecule has 0 saturated carbocycles. The minimum atomic E-state index is 0.482. The largest absolute Gasteiger partial charge is 0.0836 e. The Morgan fingerprint density at radius 2 is 1.71 bits per heavy atom. The number of benzene rings is 2. The number of halogens is 1. The third-order valence-corrected chi connectivity index (χ3v) is 6.14. The van der Waals surface area contributed by atoms with Gasteiger partial charge in [0.05, 0.1) is 0 Å². The Bertz CT molecular complexity index is 609. The Labute approximate surface area is 136 Å². The first-order valence-electron chi connectivity index (χ1n) is 7.94. The van der Waals surface area contributed by atoms with E-state index in [2.05, 4.69) is 72.2 Å². The van der Waals surface area contributed by atoms with E-state index in [9.17, 15) is 0 Å². The predicted molar refractivity (Wildman–Crippen MR) is 94.2 cm³/mol. The van der Waals surface area contributed by atoms with Crippen LogP contribution in [0.1, 0.15) is 45.5 Å². The van der Waals surface area contributed by atoms with Crippen molar-refractivity contribution in [1.29, 1.82) is 0 Å². The van der Waals surface area contributed by atoms with Gasteiger partial charge in [-0.15, -0.1) is 0 Å². The molecule has 0 amide bonds. The van der Waals surface area contributed by atoms with Crippen LogP contribution < -0.4 is 0 Å². The van der Waals surface area contributed by atoms with E-state index in [1.807, 2.05) is 0 Å². The summed E-state index contributed by atoms with van der Waals surface area (Å²) in [5.74, 6) is 0.688. The fourth-order valence-corrected chi connectivity index (χ4v) is 4.52. The molecule has 2 unspecified atom stereocenters. The molecule has 1 aliphatic rings. The molecular weight excluding hydrogens is 320 g/mol. The number of hydrogen-bond acceptors (Lipinski definition) is 0. The molecule has 2 atom stereocenters. The maximum atomic E-state index is 4.01. The van der Waals surface area contributed by atoms with Crippen molar-refractivity contribution >= 4 is 15.9 Å². The van der Waals surface area contributed by atoms with Crippen LogP contribution in [0.15, 0.2) is 42.5 Å². The van der Waals surface area contributed by atoms with Crippen LogP contribution in [0.5, 0.6) is 0 Å². The normalized spacial score (nSPS) is 21.7. The van der Waals surface area contributed by atoms with Crippen LogP contribution in [-0.4, -0.2) is 0 Å². The van der Waals surface area contributed by atoms with Crippen LogP contribution in [0.25, 0.3) is 0 Å². The first kappa shape index (κ1) is 14.8. The van der Waals surface area contributed by atoms with E-state index in [4.69, 9.17) is 0 Å². The van der Waals surface area contributed by atoms with Gasteiger partial charge in [0.2, 0.25) is 0 Å². The van der Waals surface area contributed by atoms with Gasteiger partial charge in [0.25, 0.3) is 0 Å². The molecule has 21 heavy (non-hydrogen) atoms. The van der Waals surface area contributed by atoms with E-state index < -0.39 is 0 Å². The number of hydrogen-bond donors (Lipinski definition) is 0. The Hall–Kier alpha value is -1.08. The van der Waals surface area contributed by atoms with Crippen LogP contribution in [0, 0.1) is 19.8 Å². The second-order valence-electron chi connectivity index (χ2n) is 6.33. The molecule has 1 heteroatoms. The van der Waals surface area contributed by atoms with Gasteiger partial charge in [-0.2, -0.15) is 0 Å². The topological polar surface area (TPSA) is 0 Å². The maximum Gasteiger partial charge on any atom is 0.0429 e. The van der Waals surface area contributed by atoms with Gasteiger partial charge in [0.15, 0.2) is 0 Å². The fraction of sp³-hybridized carbons (Fsp3) is 0.400. The minimum absolute atomic E-state index is 0.482. The predicted octanol–water partition coefficient (Wildman–Crippen LogP) is 5.93. The van der Waals surface area contributed by atoms with Gasteiger partial charge in [-0.3, -0.25) is 0 Å². The summed E-state index contributed by atoms with van der Waals surface area (Å²) in [4.78, 5) is 0.482. The monoisotopic (exact) mass is 342 g/mol. The van der Waals surface area contributed by atoms with Crippen molar-refractivity contribution in [3.63, 3.8) is 0 Å². The van der Waals surface area contributed by atoms with Crippen molar-refractivity contribution in [3.8, 4) is 0 Å². The number of alkyl halides is 1. The highest BCUT2D eigenvalue weighted by Crippen LogP contribution is 2.41. The van der Waals surface area contributed by atoms with Crippen molar-refractivity contribution in [3.05, 3.63) is 70.3 Å². The molecule has 3 rings (SSSR count). The molecule has 0 radical (unpaired) electrons. The average molecular weight is 343 g/mol. The van der Waals surface area contributed by atoms with E-state index in [0.717, 1.165) is 0 Å². The lowest BCUT2D eigenvalue weighted by atomic mass is 9.87. The summed E-state index contributed by atoms with van der Waals surface area (Å²) in [6.45, 7) is 4.49. The highest BCUT2D eigenvalue weighted by Gasteiger charge is 2.26. The molecule has 0 bridgehead atoms. The van der Waals surface area contributed by atoms with Crippen molar-refractivity contribution in [2.45, 2.75) is 44.4 Å². The van der Waals surface area contributed by atoms with E-state index in [1.165, 1.54) is 47.9 Å². The summed E-state index contributed by atoms with van der Waals surface area (Å²) in [5.41, 5.74) is 7.46. The number of rotatable bonds is 2. The molecule has 0 heterocycles. The maximum absolute atomic E-state index is 4.01. The lowest BCUT2D eigenvalue weighted by molar-refractivity contribution is 0.473. The SMILES string of the molecule is Cc1cccc(C)c1CC1CCCc2ccccc2C1Br. The molecule has 0 N–H and O–H groups in total. The Morgan fingerprint density at radius 1 is 1.00 bits per heavy atom. The third-order valence-electron chi connectivity index (χ3n) is 4.90. The molecule has 0 nitrogen and oxygen atoms in total. The van der Waals surface area contributed by atoms with E-state index in [0.29, 0.717) is 10.7 Å². The number of aryl methyl sites for hydroxylation is 3. The number of fused-ring (bicyclic) bond motifs is 1. The van der Waals surface area contributed by atoms with Crippen LogP contribution in [-0.2, 0) is 12.8 Å². The molecule has 0 fully saturated rings. The summed E-state index contributed by atoms with van der Waals surface area (Å²) in [5, 5.41) is 0. The van der Waals surface area contributed by atoms with Crippen molar-refractivity contribution < 1.29 is 0 Å². The first-order valence-corrected chi connectivity index (χ1v) is 8.85. The van der Waals surface area contributed by atoms with Crippen molar-refractivity contribution in [2.75, 3.05) is 0 Å². The Kier molecular flexibility index (Phi) is 4.49. The smallest absolute Gasteiger partial charge is 0.0429 e. The highest BCUT2D eigenvalue weighted by atomic mass is 79.9. The lowest BCUT2D eigenvalue weighted by Gasteiger charge is -2.23. The molecule has 0 aromatic heterocycles. The zero-order valence-electron chi connectivity index (χ0n) is 12.9. The summed E-state index contributed by atoms with van der Waals surface area (Å²) in [6.07, 6.45) is 5.01. The van der Waals surface area contributed by atoms with Crippen molar-refractivity contribution in [1.82, 2.24) is 0 Å². The van der Waals surface area contributed by atoms with Gasteiger partial charge >= 0.3 is 0 Å². The second-order valence-corrected chi connectivity index (χ2v) is 7.31. The van der Waals surface area contributed by atoms with Gasteiger partial charge in [0, 0.05) is 4.83 Å². The summed E-state index contributed by atoms with van der Waals surface area (Å²) in [6, 6.07) is 15.6. The highest BCUT2D eigenvalue weighted by molar-refractivity contribution is 9.09. The first-order chi connectivity index (χ1) is 10.2. The minimum Gasteiger partial charge on any atom is -0.0836 e. The average Bonchev–Trinajstić information content (AvgIpc) is 2.63. The quantitative estimate of drug-likeness (QED) is 0.468. The lowest BCUT2D eigenvalue weighted by Crippen LogP contribution is -2.12. The summed E-state index contributed by atoms with van der Waals surface area (Å²) in [7, 11) is 0. The molecule has 0 spiro atoms. The zero-order valence-corrected chi connectivity index (χ0v) is 14.5. The van der Waals surface area contributed by atoms with Gasteiger partial charge in [-0.05, 0) is 73.3 Å². The van der Waals surface area contributed by atoms with Crippen molar-refractivity contribution in [2.24, 2.45) is 5.92 Å². The van der Waals surface area contributed by atoms with Crippen LogP contribution in [0.3, 0.4) is 0 Å². The van der Waals surface area contributed by atoms with Gasteiger partial charge < -0.3 is 0 Å². The molecule has 0 aliphatic heterocycles. The summed E-state index contributed by atoms with van der Waals surface area (Å²) < 4.78 is 0. The second kappa shape index (κ2) is 6.36. The molecule has 1 aliphatic carbocycles. The van der Waals surface area contributed by atoms with Gasteiger partial charge in [0.1, 0.15) is 0 Å². The molecular formula is C20H23Br. The fourth-order valence-electron chi connectivity index (χ4n) is 3.62. The zero-order chi connectivity index (χ0) is 14.8. The third kappa shape index (κ3) is 3.08. The molecule has 0 saturated heterocycles. The summed E-state index contributed by atoms with van der Waals surface area (Å²) >= 11 is 4.01. The van der Waals surface area contributed by atoms with E-state index in [-0.39, 0.29) is 0 Å². The standard InChI is InChI=1S/C20H23Br/c1-14-7-5-8-15(2)19(14)13-17-11-6-10-16-9-3-4-12-18(16)20(17)21/h3-5,7-9,12,17,20H,6,10-11,13H2,1-2H3.